The Bertz CT molecular complexity index is 822. The van der Waals surface area contributed by atoms with Crippen LogP contribution in [0.5, 0.6) is 0 Å². The number of hydrogen-bond donors (Lipinski definition) is 2. The van der Waals surface area contributed by atoms with Crippen molar-refractivity contribution >= 4 is 22.8 Å². The predicted molar refractivity (Wildman–Crippen MR) is 91.9 cm³/mol. The molecule has 0 aliphatic heterocycles. The van der Waals surface area contributed by atoms with Gasteiger partial charge in [-0.1, -0.05) is 19.3 Å². The number of aryl methyl sites for hydroxylation is 1. The van der Waals surface area contributed by atoms with Crippen molar-refractivity contribution in [3.63, 3.8) is 0 Å². The molecule has 0 bridgehead atoms. The van der Waals surface area contributed by atoms with E-state index in [1.54, 1.807) is 19.1 Å². The molecule has 1 saturated carbocycles. The Balaban J connectivity index is 1.87. The zero-order chi connectivity index (χ0) is 18.0. The van der Waals surface area contributed by atoms with Crippen LogP contribution >= 0.6 is 0 Å². The molecule has 25 heavy (non-hydrogen) atoms. The molecule has 2 aromatic rings. The number of amides is 1. The smallest absolute Gasteiger partial charge is 0.308 e. The van der Waals surface area contributed by atoms with Gasteiger partial charge in [-0.05, 0) is 38.0 Å². The number of carbonyl (C=O) groups excluding carboxylic acids is 1. The number of benzene rings is 1. The van der Waals surface area contributed by atoms with E-state index in [4.69, 9.17) is 0 Å². The SMILES string of the molecule is Cc1nc2cc(F)ccc2cc1C(=O)N[C@H]1CCCCC[C@H]1C(=O)O. The van der Waals surface area contributed by atoms with Crippen LogP contribution in [0.2, 0.25) is 0 Å². The first-order chi connectivity index (χ1) is 12.0. The molecule has 2 N–H and O–H groups in total. The third kappa shape index (κ3) is 3.78. The van der Waals surface area contributed by atoms with Crippen LogP contribution in [0.15, 0.2) is 24.3 Å². The van der Waals surface area contributed by atoms with Crippen LogP contribution in [0.4, 0.5) is 4.39 Å². The van der Waals surface area contributed by atoms with Gasteiger partial charge in [0.25, 0.3) is 5.91 Å². The van der Waals surface area contributed by atoms with Crippen LogP contribution in [0.1, 0.15) is 48.2 Å². The van der Waals surface area contributed by atoms with E-state index in [1.165, 1.54) is 12.1 Å². The number of fused-ring (bicyclic) bond motifs is 1. The Labute approximate surface area is 145 Å². The monoisotopic (exact) mass is 344 g/mol. The topological polar surface area (TPSA) is 79.3 Å². The highest BCUT2D eigenvalue weighted by molar-refractivity contribution is 5.99. The van der Waals surface area contributed by atoms with Crippen molar-refractivity contribution in [1.29, 1.82) is 0 Å². The molecule has 6 heteroatoms. The number of rotatable bonds is 3. The first-order valence-corrected chi connectivity index (χ1v) is 8.56. The number of carboxylic acids is 1. The Morgan fingerprint density at radius 1 is 1.20 bits per heavy atom. The summed E-state index contributed by atoms with van der Waals surface area (Å²) >= 11 is 0. The molecular formula is C19H21FN2O3. The Morgan fingerprint density at radius 2 is 1.96 bits per heavy atom. The van der Waals surface area contributed by atoms with Gasteiger partial charge in [-0.15, -0.1) is 0 Å². The maximum Gasteiger partial charge on any atom is 0.308 e. The van der Waals surface area contributed by atoms with Gasteiger partial charge in [-0.3, -0.25) is 14.6 Å². The number of carbonyl (C=O) groups is 2. The Hall–Kier alpha value is -2.50. The van der Waals surface area contributed by atoms with E-state index in [9.17, 15) is 19.1 Å². The molecule has 0 saturated heterocycles. The molecule has 3 rings (SSSR count). The molecule has 5 nitrogen and oxygen atoms in total. The molecule has 0 unspecified atom stereocenters. The van der Waals surface area contributed by atoms with Gasteiger partial charge in [-0.2, -0.15) is 0 Å². The van der Waals surface area contributed by atoms with Crippen molar-refractivity contribution in [2.45, 2.75) is 45.1 Å². The highest BCUT2D eigenvalue weighted by Crippen LogP contribution is 2.25. The normalized spacial score (nSPS) is 20.9. The first-order valence-electron chi connectivity index (χ1n) is 8.56. The number of nitrogens with one attached hydrogen (secondary N) is 1. The molecule has 1 aliphatic carbocycles. The van der Waals surface area contributed by atoms with E-state index in [-0.39, 0.29) is 17.8 Å². The molecule has 1 aliphatic rings. The second-order valence-corrected chi connectivity index (χ2v) is 6.62. The fourth-order valence-electron chi connectivity index (χ4n) is 3.49. The standard InChI is InChI=1S/C19H21FN2O3/c1-11-15(9-12-7-8-13(20)10-17(12)21-11)18(23)22-16-6-4-2-3-5-14(16)19(24)25/h7-10,14,16H,2-6H2,1H3,(H,22,23)(H,24,25)/t14-,16+/m1/s1. The van der Waals surface area contributed by atoms with Gasteiger partial charge >= 0.3 is 5.97 Å². The first kappa shape index (κ1) is 17.3. The van der Waals surface area contributed by atoms with Crippen molar-refractivity contribution in [2.24, 2.45) is 5.92 Å². The summed E-state index contributed by atoms with van der Waals surface area (Å²) in [4.78, 5) is 28.5. The minimum atomic E-state index is -0.865. The molecule has 1 amide bonds. The zero-order valence-electron chi connectivity index (χ0n) is 14.1. The molecule has 1 aromatic carbocycles. The van der Waals surface area contributed by atoms with Crippen LogP contribution in [-0.4, -0.2) is 28.0 Å². The lowest BCUT2D eigenvalue weighted by atomic mass is 9.94. The maximum absolute atomic E-state index is 13.3. The van der Waals surface area contributed by atoms with Crippen LogP contribution in [0, 0.1) is 18.7 Å². The number of hydrogen-bond acceptors (Lipinski definition) is 3. The third-order valence-electron chi connectivity index (χ3n) is 4.86. The fraction of sp³-hybridized carbons (Fsp3) is 0.421. The average Bonchev–Trinajstić information content (AvgIpc) is 2.79. The summed E-state index contributed by atoms with van der Waals surface area (Å²) in [5.41, 5.74) is 1.38. The van der Waals surface area contributed by atoms with Crippen molar-refractivity contribution in [1.82, 2.24) is 10.3 Å². The number of aromatic nitrogens is 1. The number of aliphatic carboxylic acids is 1. The van der Waals surface area contributed by atoms with E-state index >= 15 is 0 Å². The van der Waals surface area contributed by atoms with Crippen molar-refractivity contribution in [3.05, 3.63) is 41.3 Å². The number of carboxylic acid groups (broad SMARTS) is 1. The highest BCUT2D eigenvalue weighted by atomic mass is 19.1. The Morgan fingerprint density at radius 3 is 2.72 bits per heavy atom. The lowest BCUT2D eigenvalue weighted by Crippen LogP contribution is -2.43. The summed E-state index contributed by atoms with van der Waals surface area (Å²) in [5, 5.41) is 13.0. The van der Waals surface area contributed by atoms with Crippen LogP contribution in [-0.2, 0) is 4.79 Å². The quantitative estimate of drug-likeness (QED) is 0.836. The fourth-order valence-corrected chi connectivity index (χ4v) is 3.49. The number of nitrogens with zero attached hydrogens (tertiary/aromatic N) is 1. The molecule has 0 spiro atoms. The average molecular weight is 344 g/mol. The van der Waals surface area contributed by atoms with Gasteiger partial charge in [0.05, 0.1) is 22.7 Å². The lowest BCUT2D eigenvalue weighted by molar-refractivity contribution is -0.142. The molecule has 132 valence electrons. The van der Waals surface area contributed by atoms with Crippen molar-refractivity contribution < 1.29 is 19.1 Å². The van der Waals surface area contributed by atoms with Crippen LogP contribution < -0.4 is 5.32 Å². The van der Waals surface area contributed by atoms with E-state index < -0.39 is 11.9 Å². The summed E-state index contributed by atoms with van der Waals surface area (Å²) in [7, 11) is 0. The third-order valence-corrected chi connectivity index (χ3v) is 4.86. The van der Waals surface area contributed by atoms with E-state index in [2.05, 4.69) is 10.3 Å². The minimum absolute atomic E-state index is 0.325. The maximum atomic E-state index is 13.3. The molecule has 0 radical (unpaired) electrons. The minimum Gasteiger partial charge on any atom is -0.481 e. The summed E-state index contributed by atoms with van der Waals surface area (Å²) in [6.45, 7) is 1.70. The van der Waals surface area contributed by atoms with Gasteiger partial charge in [-0.25, -0.2) is 4.39 Å². The van der Waals surface area contributed by atoms with E-state index in [0.717, 1.165) is 19.3 Å². The lowest BCUT2D eigenvalue weighted by Gasteiger charge is -2.23. The molecule has 1 aromatic heterocycles. The Kier molecular flexibility index (Phi) is 4.97. The zero-order valence-corrected chi connectivity index (χ0v) is 14.1. The van der Waals surface area contributed by atoms with Gasteiger partial charge < -0.3 is 10.4 Å². The van der Waals surface area contributed by atoms with Crippen LogP contribution in [0.25, 0.3) is 10.9 Å². The summed E-state index contributed by atoms with van der Waals surface area (Å²) in [6.07, 6.45) is 4.00. The molecule has 1 heterocycles. The van der Waals surface area contributed by atoms with Gasteiger partial charge in [0.2, 0.25) is 0 Å². The summed E-state index contributed by atoms with van der Waals surface area (Å²) < 4.78 is 13.3. The van der Waals surface area contributed by atoms with E-state index in [0.29, 0.717) is 35.0 Å². The van der Waals surface area contributed by atoms with Gasteiger partial charge in [0.15, 0.2) is 0 Å². The van der Waals surface area contributed by atoms with Crippen LogP contribution in [0.3, 0.4) is 0 Å². The van der Waals surface area contributed by atoms with Crippen molar-refractivity contribution in [3.8, 4) is 0 Å². The highest BCUT2D eigenvalue weighted by Gasteiger charge is 2.31. The summed E-state index contributed by atoms with van der Waals surface area (Å²) in [6, 6.07) is 5.54. The second kappa shape index (κ2) is 7.17. The summed E-state index contributed by atoms with van der Waals surface area (Å²) in [5.74, 6) is -2.13. The second-order valence-electron chi connectivity index (χ2n) is 6.62. The molecule has 2 atom stereocenters. The molecule has 1 fully saturated rings. The number of halogens is 1. The van der Waals surface area contributed by atoms with Gasteiger partial charge in [0.1, 0.15) is 5.82 Å². The van der Waals surface area contributed by atoms with Crippen molar-refractivity contribution in [2.75, 3.05) is 0 Å². The largest absolute Gasteiger partial charge is 0.481 e. The molecular weight excluding hydrogens is 323 g/mol. The number of pyridine rings is 1. The van der Waals surface area contributed by atoms with E-state index in [1.807, 2.05) is 0 Å². The predicted octanol–water partition coefficient (Wildman–Crippen LogP) is 3.45. The van der Waals surface area contributed by atoms with Gasteiger partial charge in [0, 0.05) is 17.5 Å².